The molecule has 0 radical (unpaired) electrons. The minimum absolute atomic E-state index is 0.184. The van der Waals surface area contributed by atoms with Gasteiger partial charge in [0, 0.05) is 12.2 Å². The largest absolute Gasteiger partial charge is 0.465 e. The number of esters is 1. The molecule has 0 aromatic rings. The highest BCUT2D eigenvalue weighted by Crippen LogP contribution is 2.17. The fourth-order valence-corrected chi connectivity index (χ4v) is 1.44. The van der Waals surface area contributed by atoms with Gasteiger partial charge in [0.15, 0.2) is 0 Å². The maximum atomic E-state index is 11.5. The van der Waals surface area contributed by atoms with Gasteiger partial charge in [-0.25, -0.2) is 0 Å². The van der Waals surface area contributed by atoms with E-state index in [1.165, 1.54) is 0 Å². The van der Waals surface area contributed by atoms with Crippen molar-refractivity contribution in [1.29, 1.82) is 0 Å². The van der Waals surface area contributed by atoms with Crippen molar-refractivity contribution in [3.8, 4) is 0 Å². The molecule has 0 fully saturated rings. The molecule has 1 atom stereocenters. The van der Waals surface area contributed by atoms with Gasteiger partial charge in [0.1, 0.15) is 0 Å². The second kappa shape index (κ2) is 5.39. The first-order valence-corrected chi connectivity index (χ1v) is 5.12. The molecule has 0 saturated carbocycles. The van der Waals surface area contributed by atoms with E-state index in [0.29, 0.717) is 6.61 Å². The second-order valence-electron chi connectivity index (χ2n) is 3.40. The molecule has 0 aromatic heterocycles. The molecule has 0 aromatic carbocycles. The first-order valence-electron chi connectivity index (χ1n) is 5.12. The van der Waals surface area contributed by atoms with Crippen LogP contribution in [0, 0.1) is 5.92 Å². The van der Waals surface area contributed by atoms with Gasteiger partial charge < -0.3 is 10.1 Å². The molecule has 1 rings (SSSR count). The van der Waals surface area contributed by atoms with E-state index in [-0.39, 0.29) is 11.9 Å². The van der Waals surface area contributed by atoms with Crippen molar-refractivity contribution in [3.05, 3.63) is 36.1 Å². The van der Waals surface area contributed by atoms with E-state index in [1.807, 2.05) is 26.0 Å². The Morgan fingerprint density at radius 2 is 2.53 bits per heavy atom. The number of carbonyl (C=O) groups is 1. The van der Waals surface area contributed by atoms with Crippen molar-refractivity contribution >= 4 is 5.97 Å². The van der Waals surface area contributed by atoms with Crippen LogP contribution in [-0.4, -0.2) is 19.1 Å². The molecule has 82 valence electrons. The maximum Gasteiger partial charge on any atom is 0.314 e. The number of nitrogens with one attached hydrogen (secondary N) is 1. The lowest BCUT2D eigenvalue weighted by Crippen LogP contribution is -2.23. The fraction of sp³-hybridized carbons (Fsp3) is 0.417. The molecule has 3 heteroatoms. The molecule has 0 amide bonds. The zero-order chi connectivity index (χ0) is 11.3. The summed E-state index contributed by atoms with van der Waals surface area (Å²) in [7, 11) is 0. The minimum atomic E-state index is -0.222. The molecule has 1 aliphatic heterocycles. The van der Waals surface area contributed by atoms with Crippen LogP contribution in [0.2, 0.25) is 0 Å². The average molecular weight is 207 g/mol. The van der Waals surface area contributed by atoms with Gasteiger partial charge in [-0.3, -0.25) is 4.79 Å². The van der Waals surface area contributed by atoms with Gasteiger partial charge in [0.05, 0.1) is 12.5 Å². The van der Waals surface area contributed by atoms with Crippen molar-refractivity contribution in [1.82, 2.24) is 5.32 Å². The summed E-state index contributed by atoms with van der Waals surface area (Å²) in [5.74, 6) is -0.406. The predicted molar refractivity (Wildman–Crippen MR) is 60.2 cm³/mol. The third-order valence-electron chi connectivity index (χ3n) is 2.28. The summed E-state index contributed by atoms with van der Waals surface area (Å²) in [4.78, 5) is 11.5. The van der Waals surface area contributed by atoms with Crippen LogP contribution in [0.25, 0.3) is 0 Å². The Morgan fingerprint density at radius 3 is 3.13 bits per heavy atom. The van der Waals surface area contributed by atoms with E-state index in [9.17, 15) is 4.79 Å². The molecular weight excluding hydrogens is 190 g/mol. The van der Waals surface area contributed by atoms with Crippen LogP contribution in [0.5, 0.6) is 0 Å². The molecule has 0 spiro atoms. The van der Waals surface area contributed by atoms with Gasteiger partial charge in [-0.1, -0.05) is 18.7 Å². The number of allylic oxidation sites excluding steroid dienone is 2. The molecule has 0 aliphatic carbocycles. The minimum Gasteiger partial charge on any atom is -0.465 e. The van der Waals surface area contributed by atoms with E-state index >= 15 is 0 Å². The highest BCUT2D eigenvalue weighted by Gasteiger charge is 2.21. The number of carbonyl (C=O) groups excluding carboxylic acids is 1. The van der Waals surface area contributed by atoms with Gasteiger partial charge in [0.2, 0.25) is 0 Å². The number of rotatable bonds is 4. The van der Waals surface area contributed by atoms with Crippen molar-refractivity contribution in [2.75, 3.05) is 13.2 Å². The van der Waals surface area contributed by atoms with E-state index in [4.69, 9.17) is 4.74 Å². The highest BCUT2D eigenvalue weighted by atomic mass is 16.5. The zero-order valence-corrected chi connectivity index (χ0v) is 9.25. The smallest absolute Gasteiger partial charge is 0.314 e. The number of hydrogen-bond donors (Lipinski definition) is 1. The molecule has 1 unspecified atom stereocenters. The van der Waals surface area contributed by atoms with Crippen LogP contribution in [0.15, 0.2) is 36.1 Å². The number of hydrogen-bond acceptors (Lipinski definition) is 3. The molecule has 1 heterocycles. The summed E-state index contributed by atoms with van der Waals surface area (Å²) in [6.07, 6.45) is 5.65. The Hall–Kier alpha value is -1.51. The summed E-state index contributed by atoms with van der Waals surface area (Å²) in [5.41, 5.74) is 2.05. The van der Waals surface area contributed by atoms with Crippen LogP contribution in [0.4, 0.5) is 0 Å². The monoisotopic (exact) mass is 207 g/mol. The quantitative estimate of drug-likeness (QED) is 0.714. The fourth-order valence-electron chi connectivity index (χ4n) is 1.44. The Labute approximate surface area is 90.5 Å². The Balaban J connectivity index is 2.65. The summed E-state index contributed by atoms with van der Waals surface area (Å²) in [6.45, 7) is 8.46. The first kappa shape index (κ1) is 11.6. The lowest BCUT2D eigenvalue weighted by Gasteiger charge is -2.11. The Bertz CT molecular complexity index is 316. The normalized spacial score (nSPS) is 19.3. The van der Waals surface area contributed by atoms with Crippen molar-refractivity contribution < 1.29 is 9.53 Å². The van der Waals surface area contributed by atoms with Crippen LogP contribution < -0.4 is 5.32 Å². The first-order chi connectivity index (χ1) is 7.19. The molecule has 15 heavy (non-hydrogen) atoms. The lowest BCUT2D eigenvalue weighted by atomic mass is 10.1. The Morgan fingerprint density at radius 1 is 1.80 bits per heavy atom. The van der Waals surface area contributed by atoms with Gasteiger partial charge in [0.25, 0.3) is 0 Å². The van der Waals surface area contributed by atoms with Crippen LogP contribution in [0.3, 0.4) is 0 Å². The van der Waals surface area contributed by atoms with Crippen LogP contribution in [-0.2, 0) is 9.53 Å². The lowest BCUT2D eigenvalue weighted by molar-refractivity contribution is -0.146. The average Bonchev–Trinajstić information content (AvgIpc) is 2.66. The van der Waals surface area contributed by atoms with Gasteiger partial charge >= 0.3 is 5.97 Å². The topological polar surface area (TPSA) is 38.3 Å². The van der Waals surface area contributed by atoms with Crippen LogP contribution >= 0.6 is 0 Å². The predicted octanol–water partition coefficient (Wildman–Crippen LogP) is 1.79. The summed E-state index contributed by atoms with van der Waals surface area (Å²) in [6, 6.07) is 0. The standard InChI is InChI=1S/C12H17NO2/c1-4-6-10-7-11(13-8-10)9(3)12(14)15-5-2/h4,6-7,9,13H,1,5,8H2,2-3H3/b10-6-. The third-order valence-corrected chi connectivity index (χ3v) is 2.28. The van der Waals surface area contributed by atoms with Gasteiger partial charge in [-0.2, -0.15) is 0 Å². The summed E-state index contributed by atoms with van der Waals surface area (Å²) < 4.78 is 4.95. The van der Waals surface area contributed by atoms with Crippen molar-refractivity contribution in [2.45, 2.75) is 13.8 Å². The molecule has 3 nitrogen and oxygen atoms in total. The zero-order valence-electron chi connectivity index (χ0n) is 9.25. The molecule has 1 N–H and O–H groups in total. The summed E-state index contributed by atoms with van der Waals surface area (Å²) in [5, 5.41) is 3.17. The van der Waals surface area contributed by atoms with E-state index in [0.717, 1.165) is 17.8 Å². The second-order valence-corrected chi connectivity index (χ2v) is 3.40. The molecule has 0 bridgehead atoms. The van der Waals surface area contributed by atoms with Crippen molar-refractivity contribution in [2.24, 2.45) is 5.92 Å². The van der Waals surface area contributed by atoms with Gasteiger partial charge in [-0.15, -0.1) is 0 Å². The number of ether oxygens (including phenoxy) is 1. The molecule has 1 aliphatic rings. The SMILES string of the molecule is C=C/C=C1/C=C(C(C)C(=O)OCC)NC1. The van der Waals surface area contributed by atoms with E-state index in [1.54, 1.807) is 6.08 Å². The molecule has 0 saturated heterocycles. The van der Waals surface area contributed by atoms with Gasteiger partial charge in [-0.05, 0) is 25.5 Å². The van der Waals surface area contributed by atoms with Crippen molar-refractivity contribution in [3.63, 3.8) is 0 Å². The summed E-state index contributed by atoms with van der Waals surface area (Å²) >= 11 is 0. The Kier molecular flexibility index (Phi) is 4.16. The maximum absolute atomic E-state index is 11.5. The van der Waals surface area contributed by atoms with Crippen LogP contribution in [0.1, 0.15) is 13.8 Å². The molecular formula is C12H17NO2. The third kappa shape index (κ3) is 2.98. The van der Waals surface area contributed by atoms with E-state index < -0.39 is 0 Å². The highest BCUT2D eigenvalue weighted by molar-refractivity contribution is 5.75. The van der Waals surface area contributed by atoms with E-state index in [2.05, 4.69) is 11.9 Å².